The van der Waals surface area contributed by atoms with Crippen LogP contribution in [0.2, 0.25) is 0 Å². The Hall–Kier alpha value is -1.05. The minimum Gasteiger partial charge on any atom is -0.353 e. The number of hydrogen-bond donors (Lipinski definition) is 1. The van der Waals surface area contributed by atoms with Crippen molar-refractivity contribution in [3.8, 4) is 0 Å². The highest BCUT2D eigenvalue weighted by molar-refractivity contribution is 5.86. The number of hydrogen-bond acceptors (Lipinski definition) is 1. The number of carbonyl (C=O) groups excluding carboxylic acids is 1. The van der Waals surface area contributed by atoms with Gasteiger partial charge in [-0.15, -0.1) is 0 Å². The maximum absolute atomic E-state index is 10.9. The molecule has 1 atom stereocenters. The van der Waals surface area contributed by atoms with Crippen LogP contribution < -0.4 is 5.32 Å². The molecule has 1 saturated carbocycles. The van der Waals surface area contributed by atoms with Crippen molar-refractivity contribution in [1.82, 2.24) is 5.32 Å². The van der Waals surface area contributed by atoms with Crippen molar-refractivity contribution in [3.63, 3.8) is 0 Å². The lowest BCUT2D eigenvalue weighted by Gasteiger charge is -2.24. The van der Waals surface area contributed by atoms with E-state index in [4.69, 9.17) is 0 Å². The van der Waals surface area contributed by atoms with Gasteiger partial charge in [-0.2, -0.15) is 0 Å². The van der Waals surface area contributed by atoms with Gasteiger partial charge in [-0.05, 0) is 44.1 Å². The summed E-state index contributed by atoms with van der Waals surface area (Å²) in [6.07, 6.45) is 8.65. The van der Waals surface area contributed by atoms with Gasteiger partial charge in [-0.1, -0.05) is 25.2 Å². The van der Waals surface area contributed by atoms with E-state index in [0.717, 1.165) is 19.4 Å². The monoisotopic (exact) mass is 207 g/mol. The molecule has 1 aliphatic rings. The summed E-state index contributed by atoms with van der Waals surface area (Å²) in [6, 6.07) is 0. The lowest BCUT2D eigenvalue weighted by molar-refractivity contribution is -0.116. The fourth-order valence-electron chi connectivity index (χ4n) is 2.13. The molecule has 2 nitrogen and oxygen atoms in total. The van der Waals surface area contributed by atoms with Crippen molar-refractivity contribution in [2.24, 2.45) is 5.92 Å². The molecule has 0 aromatic rings. The molecule has 84 valence electrons. The SMILES string of the molecule is C=CC(=O)NCCCC1CCCCC1=C. The predicted octanol–water partition coefficient (Wildman–Crippen LogP) is 2.82. The van der Waals surface area contributed by atoms with Crippen molar-refractivity contribution >= 4 is 5.91 Å². The van der Waals surface area contributed by atoms with Crippen LogP contribution in [0.3, 0.4) is 0 Å². The van der Waals surface area contributed by atoms with Crippen molar-refractivity contribution in [1.29, 1.82) is 0 Å². The van der Waals surface area contributed by atoms with Crippen LogP contribution in [0, 0.1) is 5.92 Å². The van der Waals surface area contributed by atoms with E-state index in [0.29, 0.717) is 5.92 Å². The molecule has 1 fully saturated rings. The van der Waals surface area contributed by atoms with Crippen molar-refractivity contribution in [3.05, 3.63) is 24.8 Å². The highest BCUT2D eigenvalue weighted by Crippen LogP contribution is 2.30. The Morgan fingerprint density at radius 2 is 2.33 bits per heavy atom. The van der Waals surface area contributed by atoms with E-state index in [1.54, 1.807) is 0 Å². The second kappa shape index (κ2) is 6.44. The molecule has 0 saturated heterocycles. The summed E-state index contributed by atoms with van der Waals surface area (Å²) in [7, 11) is 0. The topological polar surface area (TPSA) is 29.1 Å². The summed E-state index contributed by atoms with van der Waals surface area (Å²) in [5.41, 5.74) is 1.41. The number of rotatable bonds is 5. The summed E-state index contributed by atoms with van der Waals surface area (Å²) >= 11 is 0. The van der Waals surface area contributed by atoms with Gasteiger partial charge in [-0.25, -0.2) is 0 Å². The molecular formula is C13H21NO. The second-order valence-corrected chi connectivity index (χ2v) is 4.24. The molecule has 1 N–H and O–H groups in total. The Labute approximate surface area is 92.4 Å². The number of carbonyl (C=O) groups is 1. The number of nitrogens with one attached hydrogen (secondary N) is 1. The van der Waals surface area contributed by atoms with E-state index in [2.05, 4.69) is 18.5 Å². The van der Waals surface area contributed by atoms with E-state index in [-0.39, 0.29) is 5.91 Å². The van der Waals surface area contributed by atoms with E-state index < -0.39 is 0 Å². The van der Waals surface area contributed by atoms with E-state index >= 15 is 0 Å². The van der Waals surface area contributed by atoms with Gasteiger partial charge in [0.2, 0.25) is 5.91 Å². The van der Waals surface area contributed by atoms with Crippen LogP contribution >= 0.6 is 0 Å². The Morgan fingerprint density at radius 3 is 3.00 bits per heavy atom. The molecule has 1 rings (SSSR count). The molecule has 0 aromatic heterocycles. The Bertz CT molecular complexity index is 245. The highest BCUT2D eigenvalue weighted by atomic mass is 16.1. The first kappa shape index (κ1) is 12.0. The minimum atomic E-state index is -0.0718. The van der Waals surface area contributed by atoms with Crippen molar-refractivity contribution in [2.45, 2.75) is 38.5 Å². The number of amides is 1. The van der Waals surface area contributed by atoms with Crippen LogP contribution in [0.25, 0.3) is 0 Å². The summed E-state index contributed by atoms with van der Waals surface area (Å²) < 4.78 is 0. The average molecular weight is 207 g/mol. The molecule has 1 aliphatic carbocycles. The van der Waals surface area contributed by atoms with Gasteiger partial charge in [0, 0.05) is 6.54 Å². The summed E-state index contributed by atoms with van der Waals surface area (Å²) in [6.45, 7) is 8.30. The van der Waals surface area contributed by atoms with Gasteiger partial charge in [0.05, 0.1) is 0 Å². The molecule has 2 heteroatoms. The summed E-state index contributed by atoms with van der Waals surface area (Å²) in [5, 5.41) is 2.80. The average Bonchev–Trinajstić information content (AvgIpc) is 2.26. The van der Waals surface area contributed by atoms with Crippen LogP contribution in [0.1, 0.15) is 38.5 Å². The minimum absolute atomic E-state index is 0.0718. The molecule has 1 unspecified atom stereocenters. The van der Waals surface area contributed by atoms with E-state index in [1.807, 2.05) is 0 Å². The first-order valence-electron chi connectivity index (χ1n) is 5.82. The lowest BCUT2D eigenvalue weighted by Crippen LogP contribution is -2.22. The van der Waals surface area contributed by atoms with E-state index in [9.17, 15) is 4.79 Å². The van der Waals surface area contributed by atoms with Crippen LogP contribution in [0.15, 0.2) is 24.8 Å². The third-order valence-electron chi connectivity index (χ3n) is 3.09. The van der Waals surface area contributed by atoms with E-state index in [1.165, 1.54) is 37.3 Å². The molecule has 15 heavy (non-hydrogen) atoms. The van der Waals surface area contributed by atoms with Gasteiger partial charge >= 0.3 is 0 Å². The largest absolute Gasteiger partial charge is 0.353 e. The van der Waals surface area contributed by atoms with Crippen LogP contribution in [-0.2, 0) is 4.79 Å². The number of allylic oxidation sites excluding steroid dienone is 1. The van der Waals surface area contributed by atoms with Crippen molar-refractivity contribution < 1.29 is 4.79 Å². The maximum Gasteiger partial charge on any atom is 0.243 e. The third kappa shape index (κ3) is 4.32. The second-order valence-electron chi connectivity index (χ2n) is 4.24. The molecule has 0 aliphatic heterocycles. The molecule has 0 heterocycles. The standard InChI is InChI=1S/C13H21NO/c1-3-13(15)14-10-6-9-12-8-5-4-7-11(12)2/h3,12H,1-2,4-10H2,(H,14,15). The summed E-state index contributed by atoms with van der Waals surface area (Å²) in [5.74, 6) is 0.622. The lowest BCUT2D eigenvalue weighted by atomic mass is 9.82. The van der Waals surface area contributed by atoms with Gasteiger partial charge in [0.15, 0.2) is 0 Å². The molecular weight excluding hydrogens is 186 g/mol. The van der Waals surface area contributed by atoms with Crippen LogP contribution in [0.5, 0.6) is 0 Å². The Kier molecular flexibility index (Phi) is 5.16. The normalized spacial score (nSPS) is 21.1. The molecule has 0 spiro atoms. The Morgan fingerprint density at radius 1 is 1.53 bits per heavy atom. The molecule has 1 amide bonds. The molecule has 0 bridgehead atoms. The zero-order valence-electron chi connectivity index (χ0n) is 9.43. The zero-order chi connectivity index (χ0) is 11.1. The van der Waals surface area contributed by atoms with Crippen molar-refractivity contribution in [2.75, 3.05) is 6.54 Å². The predicted molar refractivity (Wildman–Crippen MR) is 63.5 cm³/mol. The van der Waals surface area contributed by atoms with Gasteiger partial charge in [-0.3, -0.25) is 4.79 Å². The Balaban J connectivity index is 2.11. The third-order valence-corrected chi connectivity index (χ3v) is 3.09. The van der Waals surface area contributed by atoms with Gasteiger partial charge in [0.25, 0.3) is 0 Å². The van der Waals surface area contributed by atoms with Crippen LogP contribution in [-0.4, -0.2) is 12.5 Å². The smallest absolute Gasteiger partial charge is 0.243 e. The fourth-order valence-corrected chi connectivity index (χ4v) is 2.13. The van der Waals surface area contributed by atoms with Gasteiger partial charge in [0.1, 0.15) is 0 Å². The first-order chi connectivity index (χ1) is 7.24. The van der Waals surface area contributed by atoms with Gasteiger partial charge < -0.3 is 5.32 Å². The molecule has 0 radical (unpaired) electrons. The fraction of sp³-hybridized carbons (Fsp3) is 0.615. The zero-order valence-corrected chi connectivity index (χ0v) is 9.43. The quantitative estimate of drug-likeness (QED) is 0.419. The van der Waals surface area contributed by atoms with Crippen LogP contribution in [0.4, 0.5) is 0 Å². The molecule has 0 aromatic carbocycles. The first-order valence-corrected chi connectivity index (χ1v) is 5.82. The highest BCUT2D eigenvalue weighted by Gasteiger charge is 2.16. The maximum atomic E-state index is 10.9. The summed E-state index contributed by atoms with van der Waals surface area (Å²) in [4.78, 5) is 10.9.